The quantitative estimate of drug-likeness (QED) is 0.718. The third-order valence-corrected chi connectivity index (χ3v) is 7.48. The molecule has 4 aliphatic heterocycles. The van der Waals surface area contributed by atoms with Crippen molar-refractivity contribution in [1.82, 2.24) is 10.6 Å². The Hall–Kier alpha value is -1.72. The maximum absolute atomic E-state index is 5.98. The normalized spacial score (nSPS) is 29.1. The second kappa shape index (κ2) is 10.0. The number of fused-ring (bicyclic) bond motifs is 2. The lowest BCUT2D eigenvalue weighted by atomic mass is 9.91. The Morgan fingerprint density at radius 3 is 1.56 bits per heavy atom. The van der Waals surface area contributed by atoms with Crippen molar-refractivity contribution in [3.05, 3.63) is 69.8 Å². The van der Waals surface area contributed by atoms with E-state index in [0.717, 1.165) is 39.1 Å². The molecule has 0 spiro atoms. The van der Waals surface area contributed by atoms with Crippen LogP contribution >= 0.6 is 0 Å². The molecular weight excluding hydrogens is 396 g/mol. The standard InChI is InChI=1S/2C14H19NO/c2*1-10-4-5-11-6-8-16-14(12(11)9-10)13-3-2-7-15-13/h2*4-5,9,13-15H,2-3,6-8H2,1H3/t13-,14+;13-,14-/m00/s1. The number of rotatable bonds is 2. The zero-order chi connectivity index (χ0) is 21.9. The van der Waals surface area contributed by atoms with Crippen LogP contribution in [0.3, 0.4) is 0 Å². The van der Waals surface area contributed by atoms with Gasteiger partial charge in [0.1, 0.15) is 0 Å². The summed E-state index contributed by atoms with van der Waals surface area (Å²) < 4.78 is 12.0. The molecule has 0 aromatic heterocycles. The average molecular weight is 435 g/mol. The van der Waals surface area contributed by atoms with Gasteiger partial charge in [-0.1, -0.05) is 47.5 Å². The monoisotopic (exact) mass is 434 g/mol. The average Bonchev–Trinajstić information content (AvgIpc) is 3.53. The number of aryl methyl sites for hydroxylation is 2. The zero-order valence-corrected chi connectivity index (χ0v) is 19.7. The largest absolute Gasteiger partial charge is 0.372 e. The number of benzene rings is 2. The molecule has 4 aliphatic rings. The van der Waals surface area contributed by atoms with Crippen LogP contribution in [-0.2, 0) is 22.3 Å². The van der Waals surface area contributed by atoms with E-state index < -0.39 is 0 Å². The van der Waals surface area contributed by atoms with Gasteiger partial charge in [0.25, 0.3) is 0 Å². The summed E-state index contributed by atoms with van der Waals surface area (Å²) in [4.78, 5) is 0. The number of hydrogen-bond acceptors (Lipinski definition) is 4. The molecule has 6 rings (SSSR count). The van der Waals surface area contributed by atoms with Crippen LogP contribution in [-0.4, -0.2) is 38.4 Å². The lowest BCUT2D eigenvalue weighted by molar-refractivity contribution is 0.0198. The van der Waals surface area contributed by atoms with E-state index in [1.165, 1.54) is 59.1 Å². The fraction of sp³-hybridized carbons (Fsp3) is 0.571. The van der Waals surface area contributed by atoms with Crippen molar-refractivity contribution in [3.63, 3.8) is 0 Å². The summed E-state index contributed by atoms with van der Waals surface area (Å²) >= 11 is 0. The van der Waals surface area contributed by atoms with Crippen molar-refractivity contribution in [2.45, 2.75) is 76.7 Å². The molecule has 2 aromatic carbocycles. The van der Waals surface area contributed by atoms with E-state index in [0.29, 0.717) is 12.1 Å². The predicted molar refractivity (Wildman–Crippen MR) is 129 cm³/mol. The van der Waals surface area contributed by atoms with Crippen LogP contribution in [0.25, 0.3) is 0 Å². The van der Waals surface area contributed by atoms with Gasteiger partial charge in [0.2, 0.25) is 0 Å². The Morgan fingerprint density at radius 1 is 0.688 bits per heavy atom. The molecule has 0 unspecified atom stereocenters. The van der Waals surface area contributed by atoms with Crippen LogP contribution < -0.4 is 10.6 Å². The molecule has 0 saturated carbocycles. The van der Waals surface area contributed by atoms with Crippen LogP contribution in [0.15, 0.2) is 36.4 Å². The summed E-state index contributed by atoms with van der Waals surface area (Å²) in [7, 11) is 0. The second-order valence-electron chi connectivity index (χ2n) is 9.89. The molecule has 0 bridgehead atoms. The van der Waals surface area contributed by atoms with Crippen LogP contribution in [0, 0.1) is 13.8 Å². The van der Waals surface area contributed by atoms with Crippen molar-refractivity contribution < 1.29 is 9.47 Å². The van der Waals surface area contributed by atoms with E-state index in [1.807, 2.05) is 0 Å². The van der Waals surface area contributed by atoms with Crippen LogP contribution in [0.5, 0.6) is 0 Å². The highest BCUT2D eigenvalue weighted by Gasteiger charge is 2.31. The number of hydrogen-bond donors (Lipinski definition) is 2. The van der Waals surface area contributed by atoms with Gasteiger partial charge in [0, 0.05) is 12.1 Å². The number of nitrogens with one attached hydrogen (secondary N) is 2. The maximum Gasteiger partial charge on any atom is 0.0980 e. The highest BCUT2D eigenvalue weighted by atomic mass is 16.5. The van der Waals surface area contributed by atoms with Gasteiger partial charge in [-0.3, -0.25) is 0 Å². The van der Waals surface area contributed by atoms with E-state index in [4.69, 9.17) is 9.47 Å². The molecule has 2 saturated heterocycles. The molecule has 0 aliphatic carbocycles. The molecule has 172 valence electrons. The first-order valence-electron chi connectivity index (χ1n) is 12.6. The van der Waals surface area contributed by atoms with Gasteiger partial charge in [-0.25, -0.2) is 0 Å². The summed E-state index contributed by atoms with van der Waals surface area (Å²) in [6.07, 6.45) is 7.77. The number of ether oxygens (including phenoxy) is 2. The summed E-state index contributed by atoms with van der Waals surface area (Å²) in [5, 5.41) is 7.12. The van der Waals surface area contributed by atoms with E-state index in [1.54, 1.807) is 0 Å². The molecular formula is C28H38N2O2. The minimum Gasteiger partial charge on any atom is -0.372 e. The summed E-state index contributed by atoms with van der Waals surface area (Å²) in [5.41, 5.74) is 8.49. The van der Waals surface area contributed by atoms with Crippen LogP contribution in [0.1, 0.15) is 71.3 Å². The molecule has 4 atom stereocenters. The van der Waals surface area contributed by atoms with Gasteiger partial charge in [0.15, 0.2) is 0 Å². The van der Waals surface area contributed by atoms with Crippen molar-refractivity contribution in [1.29, 1.82) is 0 Å². The van der Waals surface area contributed by atoms with Gasteiger partial charge < -0.3 is 20.1 Å². The lowest BCUT2D eigenvalue weighted by Gasteiger charge is -2.30. The third-order valence-electron chi connectivity index (χ3n) is 7.48. The Bertz CT molecular complexity index is 840. The van der Waals surface area contributed by atoms with Crippen molar-refractivity contribution in [2.75, 3.05) is 26.3 Å². The second-order valence-corrected chi connectivity index (χ2v) is 9.89. The molecule has 4 nitrogen and oxygen atoms in total. The molecule has 0 radical (unpaired) electrons. The van der Waals surface area contributed by atoms with E-state index in [2.05, 4.69) is 60.9 Å². The Kier molecular flexibility index (Phi) is 6.94. The van der Waals surface area contributed by atoms with E-state index >= 15 is 0 Å². The van der Waals surface area contributed by atoms with Gasteiger partial charge in [-0.2, -0.15) is 0 Å². The fourth-order valence-electron chi connectivity index (χ4n) is 5.79. The fourth-order valence-corrected chi connectivity index (χ4v) is 5.79. The minimum atomic E-state index is 0.283. The molecule has 32 heavy (non-hydrogen) atoms. The molecule has 2 N–H and O–H groups in total. The van der Waals surface area contributed by atoms with E-state index in [9.17, 15) is 0 Å². The van der Waals surface area contributed by atoms with Crippen molar-refractivity contribution >= 4 is 0 Å². The van der Waals surface area contributed by atoms with E-state index in [-0.39, 0.29) is 12.2 Å². The van der Waals surface area contributed by atoms with Crippen molar-refractivity contribution in [3.8, 4) is 0 Å². The Morgan fingerprint density at radius 2 is 1.16 bits per heavy atom. The smallest absolute Gasteiger partial charge is 0.0980 e. The molecule has 4 heteroatoms. The summed E-state index contributed by atoms with van der Waals surface area (Å²) in [5.74, 6) is 0. The highest BCUT2D eigenvalue weighted by molar-refractivity contribution is 5.36. The molecule has 0 amide bonds. The van der Waals surface area contributed by atoms with Crippen molar-refractivity contribution in [2.24, 2.45) is 0 Å². The highest BCUT2D eigenvalue weighted by Crippen LogP contribution is 2.34. The predicted octanol–water partition coefficient (Wildman–Crippen LogP) is 4.72. The maximum atomic E-state index is 5.98. The Balaban J connectivity index is 0.000000135. The summed E-state index contributed by atoms with van der Waals surface area (Å²) in [6.45, 7) is 8.36. The first kappa shape index (κ1) is 22.1. The zero-order valence-electron chi connectivity index (χ0n) is 19.7. The van der Waals surface area contributed by atoms with Crippen LogP contribution in [0.4, 0.5) is 0 Å². The summed E-state index contributed by atoms with van der Waals surface area (Å²) in [6, 6.07) is 14.6. The van der Waals surface area contributed by atoms with Gasteiger partial charge in [-0.15, -0.1) is 0 Å². The Labute approximate surface area is 193 Å². The lowest BCUT2D eigenvalue weighted by Crippen LogP contribution is -2.33. The first-order valence-corrected chi connectivity index (χ1v) is 12.6. The first-order chi connectivity index (χ1) is 15.7. The van der Waals surface area contributed by atoms with Gasteiger partial charge in [0.05, 0.1) is 25.4 Å². The molecule has 2 fully saturated rings. The van der Waals surface area contributed by atoms with Gasteiger partial charge >= 0.3 is 0 Å². The van der Waals surface area contributed by atoms with Gasteiger partial charge in [-0.05, 0) is 87.7 Å². The SMILES string of the molecule is Cc1ccc2c(c1)[C@@H]([C@@H]1CCCN1)OCC2.Cc1ccc2c(c1)[C@H]([C@@H]1CCCN1)OCC2. The third kappa shape index (κ3) is 4.79. The molecule has 4 heterocycles. The minimum absolute atomic E-state index is 0.283. The molecule has 2 aromatic rings. The topological polar surface area (TPSA) is 42.5 Å². The van der Waals surface area contributed by atoms with Crippen LogP contribution in [0.2, 0.25) is 0 Å².